The average Bonchev–Trinajstić information content (AvgIpc) is 2.76. The highest BCUT2D eigenvalue weighted by Crippen LogP contribution is 2.24. The van der Waals surface area contributed by atoms with Gasteiger partial charge in [-0.25, -0.2) is 13.8 Å². The van der Waals surface area contributed by atoms with Crippen molar-refractivity contribution in [3.63, 3.8) is 0 Å². The number of hydrogen-bond donors (Lipinski definition) is 2. The van der Waals surface area contributed by atoms with E-state index in [0.29, 0.717) is 22.5 Å². The van der Waals surface area contributed by atoms with Gasteiger partial charge >= 0.3 is 0 Å². The van der Waals surface area contributed by atoms with Crippen LogP contribution in [0.25, 0.3) is 22.4 Å². The molecule has 5 heteroatoms. The third-order valence-electron chi connectivity index (χ3n) is 3.07. The molecule has 0 saturated carbocycles. The molecule has 0 aliphatic heterocycles. The summed E-state index contributed by atoms with van der Waals surface area (Å²) in [4.78, 5) is 7.22. The molecule has 0 aliphatic carbocycles. The maximum atomic E-state index is 13.1. The summed E-state index contributed by atoms with van der Waals surface area (Å²) in [7, 11) is 0. The fourth-order valence-electron chi connectivity index (χ4n) is 1.96. The highest BCUT2D eigenvalue weighted by atomic mass is 19.2. The van der Waals surface area contributed by atoms with Crippen molar-refractivity contribution in [2.45, 2.75) is 6.92 Å². The zero-order valence-electron chi connectivity index (χ0n) is 10.2. The van der Waals surface area contributed by atoms with Crippen LogP contribution in [0.1, 0.15) is 5.56 Å². The van der Waals surface area contributed by atoms with Crippen molar-refractivity contribution in [2.24, 2.45) is 0 Å². The number of nitrogens with one attached hydrogen (secondary N) is 1. The largest absolute Gasteiger partial charge is 0.399 e. The molecule has 1 aromatic heterocycles. The SMILES string of the molecule is Cc1cc(-c2nc3cc(F)c(F)cc3[nH]2)ccc1N. The Morgan fingerprint density at radius 2 is 1.84 bits per heavy atom. The number of aryl methyl sites for hydroxylation is 1. The Morgan fingerprint density at radius 1 is 1.11 bits per heavy atom. The summed E-state index contributed by atoms with van der Waals surface area (Å²) in [5.74, 6) is -1.24. The maximum Gasteiger partial charge on any atom is 0.161 e. The van der Waals surface area contributed by atoms with E-state index in [1.807, 2.05) is 19.1 Å². The highest BCUT2D eigenvalue weighted by Gasteiger charge is 2.10. The van der Waals surface area contributed by atoms with Gasteiger partial charge in [0.25, 0.3) is 0 Å². The van der Waals surface area contributed by atoms with Gasteiger partial charge < -0.3 is 10.7 Å². The summed E-state index contributed by atoms with van der Waals surface area (Å²) < 4.78 is 26.3. The monoisotopic (exact) mass is 259 g/mol. The number of aromatic nitrogens is 2. The normalized spacial score (nSPS) is 11.1. The molecule has 0 spiro atoms. The third kappa shape index (κ3) is 1.93. The minimum atomic E-state index is -0.904. The molecule has 3 aromatic rings. The first-order valence-corrected chi connectivity index (χ1v) is 5.76. The molecule has 0 unspecified atom stereocenters. The molecule has 3 N–H and O–H groups in total. The Morgan fingerprint density at radius 3 is 2.58 bits per heavy atom. The number of rotatable bonds is 1. The van der Waals surface area contributed by atoms with E-state index in [1.54, 1.807) is 6.07 Å². The molecule has 0 bridgehead atoms. The predicted molar refractivity (Wildman–Crippen MR) is 70.6 cm³/mol. The van der Waals surface area contributed by atoms with E-state index >= 15 is 0 Å². The van der Waals surface area contributed by atoms with Gasteiger partial charge in [-0.3, -0.25) is 0 Å². The molecule has 96 valence electrons. The standard InChI is InChI=1S/C14H11F2N3/c1-7-4-8(2-3-11(7)17)14-18-12-5-9(15)10(16)6-13(12)19-14/h2-6H,17H2,1H3,(H,18,19). The van der Waals surface area contributed by atoms with Crippen molar-refractivity contribution in [1.29, 1.82) is 0 Å². The first kappa shape index (κ1) is 11.6. The fourth-order valence-corrected chi connectivity index (χ4v) is 1.96. The predicted octanol–water partition coefficient (Wildman–Crippen LogP) is 3.40. The van der Waals surface area contributed by atoms with Crippen LogP contribution in [-0.4, -0.2) is 9.97 Å². The van der Waals surface area contributed by atoms with Crippen LogP contribution in [0.15, 0.2) is 30.3 Å². The molecule has 0 amide bonds. The second kappa shape index (κ2) is 4.05. The zero-order valence-corrected chi connectivity index (χ0v) is 10.2. The van der Waals surface area contributed by atoms with Crippen molar-refractivity contribution >= 4 is 16.7 Å². The van der Waals surface area contributed by atoms with Crippen molar-refractivity contribution in [1.82, 2.24) is 9.97 Å². The van der Waals surface area contributed by atoms with Crippen molar-refractivity contribution in [2.75, 3.05) is 5.73 Å². The van der Waals surface area contributed by atoms with E-state index in [0.717, 1.165) is 23.3 Å². The zero-order chi connectivity index (χ0) is 13.6. The van der Waals surface area contributed by atoms with Gasteiger partial charge in [0.15, 0.2) is 11.6 Å². The minimum Gasteiger partial charge on any atom is -0.399 e. The summed E-state index contributed by atoms with van der Waals surface area (Å²) in [6.07, 6.45) is 0. The lowest BCUT2D eigenvalue weighted by molar-refractivity contribution is 0.510. The topological polar surface area (TPSA) is 54.7 Å². The second-order valence-electron chi connectivity index (χ2n) is 4.44. The number of nitrogens with zero attached hydrogens (tertiary/aromatic N) is 1. The van der Waals surface area contributed by atoms with Gasteiger partial charge in [-0.2, -0.15) is 0 Å². The Labute approximate surface area is 108 Å². The number of aromatic amines is 1. The van der Waals surface area contributed by atoms with Crippen LogP contribution in [0.5, 0.6) is 0 Å². The number of anilines is 1. The van der Waals surface area contributed by atoms with E-state index in [-0.39, 0.29) is 0 Å². The molecule has 2 aromatic carbocycles. The van der Waals surface area contributed by atoms with Crippen molar-refractivity contribution in [3.05, 3.63) is 47.5 Å². The lowest BCUT2D eigenvalue weighted by atomic mass is 10.1. The smallest absolute Gasteiger partial charge is 0.161 e. The van der Waals surface area contributed by atoms with Crippen LogP contribution in [0, 0.1) is 18.6 Å². The number of nitrogen functional groups attached to an aromatic ring is 1. The molecule has 0 radical (unpaired) electrons. The second-order valence-corrected chi connectivity index (χ2v) is 4.44. The van der Waals surface area contributed by atoms with Crippen molar-refractivity contribution in [3.8, 4) is 11.4 Å². The van der Waals surface area contributed by atoms with E-state index in [1.165, 1.54) is 0 Å². The highest BCUT2D eigenvalue weighted by molar-refractivity contribution is 5.80. The van der Waals surface area contributed by atoms with Crippen LogP contribution in [0.4, 0.5) is 14.5 Å². The molecular weight excluding hydrogens is 248 g/mol. The first-order valence-electron chi connectivity index (χ1n) is 5.76. The first-order chi connectivity index (χ1) is 9.04. The Balaban J connectivity index is 2.17. The molecule has 0 saturated heterocycles. The van der Waals surface area contributed by atoms with Crippen LogP contribution in [0.2, 0.25) is 0 Å². The average molecular weight is 259 g/mol. The number of nitrogens with two attached hydrogens (primary N) is 1. The van der Waals surface area contributed by atoms with E-state index in [4.69, 9.17) is 5.73 Å². The van der Waals surface area contributed by atoms with E-state index in [9.17, 15) is 8.78 Å². The van der Waals surface area contributed by atoms with Gasteiger partial charge in [-0.1, -0.05) is 0 Å². The summed E-state index contributed by atoms with van der Waals surface area (Å²) >= 11 is 0. The van der Waals surface area contributed by atoms with Crippen LogP contribution >= 0.6 is 0 Å². The molecule has 3 rings (SSSR count). The molecule has 1 heterocycles. The third-order valence-corrected chi connectivity index (χ3v) is 3.07. The molecular formula is C14H11F2N3. The summed E-state index contributed by atoms with van der Waals surface area (Å²) in [5, 5.41) is 0. The fraction of sp³-hybridized carbons (Fsp3) is 0.0714. The van der Waals surface area contributed by atoms with Gasteiger partial charge in [0.1, 0.15) is 5.82 Å². The lowest BCUT2D eigenvalue weighted by Gasteiger charge is -2.01. The Hall–Kier alpha value is -2.43. The molecule has 19 heavy (non-hydrogen) atoms. The summed E-state index contributed by atoms with van der Waals surface area (Å²) in [5.41, 5.74) is 9.05. The Bertz CT molecular complexity index is 739. The van der Waals surface area contributed by atoms with Gasteiger partial charge in [0.2, 0.25) is 0 Å². The quantitative estimate of drug-likeness (QED) is 0.658. The molecule has 0 fully saturated rings. The number of hydrogen-bond acceptors (Lipinski definition) is 2. The number of halogens is 2. The molecule has 3 nitrogen and oxygen atoms in total. The Kier molecular flexibility index (Phi) is 2.48. The van der Waals surface area contributed by atoms with E-state index in [2.05, 4.69) is 9.97 Å². The van der Waals surface area contributed by atoms with Crippen molar-refractivity contribution < 1.29 is 8.78 Å². The van der Waals surface area contributed by atoms with Crippen LogP contribution in [-0.2, 0) is 0 Å². The number of H-pyrrole nitrogens is 1. The number of imidazole rings is 1. The molecule has 0 aliphatic rings. The van der Waals surface area contributed by atoms with Gasteiger partial charge in [0, 0.05) is 23.4 Å². The maximum absolute atomic E-state index is 13.1. The number of fused-ring (bicyclic) bond motifs is 1. The van der Waals surface area contributed by atoms with E-state index < -0.39 is 11.6 Å². The van der Waals surface area contributed by atoms with Crippen LogP contribution in [0.3, 0.4) is 0 Å². The minimum absolute atomic E-state index is 0.392. The van der Waals surface area contributed by atoms with Gasteiger partial charge in [-0.05, 0) is 30.7 Å². The van der Waals surface area contributed by atoms with Crippen LogP contribution < -0.4 is 5.73 Å². The van der Waals surface area contributed by atoms with Gasteiger partial charge in [0.05, 0.1) is 11.0 Å². The molecule has 0 atom stereocenters. The van der Waals surface area contributed by atoms with Gasteiger partial charge in [-0.15, -0.1) is 0 Å². The lowest BCUT2D eigenvalue weighted by Crippen LogP contribution is -1.90. The summed E-state index contributed by atoms with van der Waals surface area (Å²) in [6.45, 7) is 1.89. The summed E-state index contributed by atoms with van der Waals surface area (Å²) in [6, 6.07) is 7.64. The number of benzene rings is 2.